The average Bonchev–Trinajstić information content (AvgIpc) is 3.02. The molecule has 4 aromatic rings. The van der Waals surface area contributed by atoms with E-state index in [0.717, 1.165) is 9.87 Å². The molecule has 0 spiro atoms. The zero-order valence-electron chi connectivity index (χ0n) is 23.3. The third-order valence-electron chi connectivity index (χ3n) is 6.74. The highest BCUT2D eigenvalue weighted by Crippen LogP contribution is 2.28. The van der Waals surface area contributed by atoms with Crippen LogP contribution in [-0.2, 0) is 32.6 Å². The number of ether oxygens (including phenoxy) is 1. The fraction of sp³-hybridized carbons (Fsp3) is 0.188. The number of nitrogens with one attached hydrogen (secondary N) is 1. The van der Waals surface area contributed by atoms with Crippen molar-refractivity contribution < 1.29 is 27.1 Å². The van der Waals surface area contributed by atoms with Crippen LogP contribution in [0, 0.1) is 5.82 Å². The molecule has 0 saturated heterocycles. The molecule has 0 aliphatic rings. The number of hydrogen-bond donors (Lipinski definition) is 1. The molecule has 0 bridgehead atoms. The van der Waals surface area contributed by atoms with Crippen LogP contribution >= 0.6 is 0 Å². The zero-order valence-corrected chi connectivity index (χ0v) is 24.1. The first kappa shape index (κ1) is 30.3. The smallest absolute Gasteiger partial charge is 0.264 e. The average molecular weight is 590 g/mol. The minimum atomic E-state index is -4.22. The zero-order chi connectivity index (χ0) is 30.1. The lowest BCUT2D eigenvalue weighted by atomic mass is 10.0. The van der Waals surface area contributed by atoms with Crippen LogP contribution in [0.2, 0.25) is 0 Å². The number of rotatable bonds is 12. The first-order valence-corrected chi connectivity index (χ1v) is 14.7. The summed E-state index contributed by atoms with van der Waals surface area (Å²) >= 11 is 0. The summed E-state index contributed by atoms with van der Waals surface area (Å²) in [5, 5.41) is 2.63. The van der Waals surface area contributed by atoms with E-state index in [9.17, 15) is 22.4 Å². The van der Waals surface area contributed by atoms with Gasteiger partial charge in [-0.1, -0.05) is 66.7 Å². The van der Waals surface area contributed by atoms with Crippen LogP contribution < -0.4 is 14.4 Å². The number of carbonyl (C=O) groups is 2. The van der Waals surface area contributed by atoms with E-state index in [4.69, 9.17) is 4.74 Å². The summed E-state index contributed by atoms with van der Waals surface area (Å²) in [7, 11) is -1.28. The third kappa shape index (κ3) is 7.32. The monoisotopic (exact) mass is 589 g/mol. The van der Waals surface area contributed by atoms with E-state index in [2.05, 4.69) is 5.32 Å². The summed E-state index contributed by atoms with van der Waals surface area (Å²) in [4.78, 5) is 28.8. The van der Waals surface area contributed by atoms with E-state index in [-0.39, 0.29) is 23.5 Å². The molecular weight excluding hydrogens is 557 g/mol. The van der Waals surface area contributed by atoms with Crippen molar-refractivity contribution in [1.29, 1.82) is 0 Å². The van der Waals surface area contributed by atoms with E-state index in [1.807, 2.05) is 30.3 Å². The Kier molecular flexibility index (Phi) is 9.93. The topological polar surface area (TPSA) is 96.0 Å². The van der Waals surface area contributed by atoms with Crippen molar-refractivity contribution in [2.24, 2.45) is 0 Å². The normalized spacial score (nSPS) is 11.8. The van der Waals surface area contributed by atoms with Crippen molar-refractivity contribution in [2.45, 2.75) is 23.9 Å². The van der Waals surface area contributed by atoms with Gasteiger partial charge >= 0.3 is 0 Å². The number of nitrogens with zero attached hydrogens (tertiary/aromatic N) is 2. The molecule has 1 N–H and O–H groups in total. The molecule has 0 heterocycles. The van der Waals surface area contributed by atoms with Crippen molar-refractivity contribution in [1.82, 2.24) is 10.2 Å². The maximum absolute atomic E-state index is 14.2. The first-order valence-electron chi connectivity index (χ1n) is 13.2. The molecule has 0 fully saturated rings. The maximum Gasteiger partial charge on any atom is 0.264 e. The predicted molar refractivity (Wildman–Crippen MR) is 159 cm³/mol. The fourth-order valence-corrected chi connectivity index (χ4v) is 5.95. The number of likely N-dealkylation sites (N-methyl/N-ethyl adjacent to an activating group) is 1. The Hall–Kier alpha value is -4.70. The van der Waals surface area contributed by atoms with Gasteiger partial charge in [-0.05, 0) is 47.5 Å². The van der Waals surface area contributed by atoms with Gasteiger partial charge in [0, 0.05) is 26.1 Å². The molecule has 4 rings (SSSR count). The van der Waals surface area contributed by atoms with Crippen molar-refractivity contribution in [3.8, 4) is 5.75 Å². The minimum absolute atomic E-state index is 0.00200. The van der Waals surface area contributed by atoms with Gasteiger partial charge in [0.1, 0.15) is 24.2 Å². The largest absolute Gasteiger partial charge is 0.497 e. The number of halogens is 1. The van der Waals surface area contributed by atoms with Gasteiger partial charge < -0.3 is 15.0 Å². The first-order chi connectivity index (χ1) is 20.2. The van der Waals surface area contributed by atoms with Crippen LogP contribution in [0.15, 0.2) is 114 Å². The molecule has 218 valence electrons. The molecule has 1 atom stereocenters. The van der Waals surface area contributed by atoms with Crippen LogP contribution in [0.1, 0.15) is 11.1 Å². The van der Waals surface area contributed by atoms with E-state index < -0.39 is 40.2 Å². The molecule has 0 radical (unpaired) electrons. The Morgan fingerprint density at radius 3 is 2.12 bits per heavy atom. The molecule has 0 aliphatic carbocycles. The highest BCUT2D eigenvalue weighted by atomic mass is 32.2. The minimum Gasteiger partial charge on any atom is -0.497 e. The van der Waals surface area contributed by atoms with Crippen LogP contribution in [0.5, 0.6) is 5.75 Å². The molecule has 10 heteroatoms. The fourth-order valence-electron chi connectivity index (χ4n) is 4.52. The Bertz CT molecular complexity index is 1600. The van der Waals surface area contributed by atoms with Crippen LogP contribution in [0.3, 0.4) is 0 Å². The van der Waals surface area contributed by atoms with Gasteiger partial charge in [0.25, 0.3) is 10.0 Å². The third-order valence-corrected chi connectivity index (χ3v) is 8.52. The molecule has 0 unspecified atom stereocenters. The number of carbonyl (C=O) groups excluding carboxylic acids is 2. The Balaban J connectivity index is 1.79. The van der Waals surface area contributed by atoms with Crippen LogP contribution in [-0.4, -0.2) is 51.9 Å². The summed E-state index contributed by atoms with van der Waals surface area (Å²) in [5.74, 6) is -1.08. The molecule has 4 aromatic carbocycles. The SMILES string of the molecule is CNC(=O)[C@H](Cc1ccccc1)N(Cc1ccc(F)cc1)C(=O)CN(c1cccc(OC)c1)S(=O)(=O)c1ccccc1. The summed E-state index contributed by atoms with van der Waals surface area (Å²) < 4.78 is 47.9. The van der Waals surface area contributed by atoms with E-state index in [1.54, 1.807) is 36.4 Å². The van der Waals surface area contributed by atoms with E-state index >= 15 is 0 Å². The molecular formula is C32H32FN3O5S. The summed E-state index contributed by atoms with van der Waals surface area (Å²) in [5.41, 5.74) is 1.60. The Labute approximate surface area is 245 Å². The lowest BCUT2D eigenvalue weighted by molar-refractivity contribution is -0.139. The van der Waals surface area contributed by atoms with Gasteiger partial charge in [-0.3, -0.25) is 13.9 Å². The lowest BCUT2D eigenvalue weighted by Gasteiger charge is -2.33. The molecule has 2 amide bonds. The second-order valence-corrected chi connectivity index (χ2v) is 11.4. The lowest BCUT2D eigenvalue weighted by Crippen LogP contribution is -2.53. The summed E-state index contributed by atoms with van der Waals surface area (Å²) in [6, 6.07) is 28.0. The molecule has 42 heavy (non-hydrogen) atoms. The summed E-state index contributed by atoms with van der Waals surface area (Å²) in [6.07, 6.45) is 0.179. The van der Waals surface area contributed by atoms with Crippen molar-refractivity contribution in [3.05, 3.63) is 126 Å². The molecule has 0 aliphatic heterocycles. The number of anilines is 1. The molecule has 0 saturated carbocycles. The second kappa shape index (κ2) is 13.8. The number of amides is 2. The van der Waals surface area contributed by atoms with Gasteiger partial charge in [-0.15, -0.1) is 0 Å². The van der Waals surface area contributed by atoms with Gasteiger partial charge in [-0.25, -0.2) is 12.8 Å². The van der Waals surface area contributed by atoms with Crippen molar-refractivity contribution >= 4 is 27.5 Å². The number of hydrogen-bond acceptors (Lipinski definition) is 5. The van der Waals surface area contributed by atoms with Gasteiger partial charge in [0.15, 0.2) is 0 Å². The van der Waals surface area contributed by atoms with Crippen molar-refractivity contribution in [2.75, 3.05) is 25.0 Å². The summed E-state index contributed by atoms with van der Waals surface area (Å²) in [6.45, 7) is -0.657. The number of benzene rings is 4. The highest BCUT2D eigenvalue weighted by molar-refractivity contribution is 7.92. The van der Waals surface area contributed by atoms with Gasteiger partial charge in [-0.2, -0.15) is 0 Å². The predicted octanol–water partition coefficient (Wildman–Crippen LogP) is 4.42. The molecule has 8 nitrogen and oxygen atoms in total. The number of methoxy groups -OCH3 is 1. The van der Waals surface area contributed by atoms with Crippen LogP contribution in [0.25, 0.3) is 0 Å². The van der Waals surface area contributed by atoms with Crippen molar-refractivity contribution in [3.63, 3.8) is 0 Å². The standard InChI is InChI=1S/C32H32FN3O5S/c1-34-32(38)30(20-24-10-5-3-6-11-24)35(22-25-16-18-26(33)19-17-25)31(37)23-36(27-12-9-13-28(21-27)41-2)42(39,40)29-14-7-4-8-15-29/h3-19,21,30H,20,22-23H2,1-2H3,(H,34,38)/t30-/m0/s1. The van der Waals surface area contributed by atoms with E-state index in [0.29, 0.717) is 11.3 Å². The quantitative estimate of drug-likeness (QED) is 0.264. The van der Waals surface area contributed by atoms with E-state index in [1.165, 1.54) is 61.5 Å². The molecule has 0 aromatic heterocycles. The Morgan fingerprint density at radius 2 is 1.50 bits per heavy atom. The second-order valence-electron chi connectivity index (χ2n) is 9.49. The maximum atomic E-state index is 14.2. The van der Waals surface area contributed by atoms with Gasteiger partial charge in [0.2, 0.25) is 11.8 Å². The number of sulfonamides is 1. The Morgan fingerprint density at radius 1 is 0.857 bits per heavy atom. The van der Waals surface area contributed by atoms with Crippen LogP contribution in [0.4, 0.5) is 10.1 Å². The highest BCUT2D eigenvalue weighted by Gasteiger charge is 2.34. The van der Waals surface area contributed by atoms with Gasteiger partial charge in [0.05, 0.1) is 17.7 Å².